The number of ether oxygens (including phenoxy) is 1. The smallest absolute Gasteiger partial charge is 0.253 e. The molecule has 0 N–H and O–H groups in total. The van der Waals surface area contributed by atoms with E-state index in [1.165, 1.54) is 0 Å². The Bertz CT molecular complexity index is 822. The van der Waals surface area contributed by atoms with Gasteiger partial charge in [0.2, 0.25) is 11.8 Å². The van der Waals surface area contributed by atoms with E-state index in [4.69, 9.17) is 4.74 Å². The molecule has 0 bridgehead atoms. The summed E-state index contributed by atoms with van der Waals surface area (Å²) in [6.07, 6.45) is 3.69. The lowest BCUT2D eigenvalue weighted by molar-refractivity contribution is -0.127. The van der Waals surface area contributed by atoms with E-state index in [0.29, 0.717) is 30.1 Å². The highest BCUT2D eigenvalue weighted by molar-refractivity contribution is 5.94. The van der Waals surface area contributed by atoms with Crippen molar-refractivity contribution in [2.45, 2.75) is 13.3 Å². The number of carbonyl (C=O) groups is 2. The summed E-state index contributed by atoms with van der Waals surface area (Å²) in [5.41, 5.74) is 2.07. The lowest BCUT2D eigenvalue weighted by atomic mass is 10.1. The van der Waals surface area contributed by atoms with Crippen LogP contribution < -0.4 is 4.74 Å². The van der Waals surface area contributed by atoms with Crippen LogP contribution in [0.4, 0.5) is 0 Å². The van der Waals surface area contributed by atoms with Gasteiger partial charge in [-0.15, -0.1) is 0 Å². The quantitative estimate of drug-likeness (QED) is 0.780. The average molecular weight is 368 g/mol. The Hall–Kier alpha value is -2.96. The molecule has 3 rings (SSSR count). The Kier molecular flexibility index (Phi) is 5.69. The Labute approximate surface area is 159 Å². The van der Waals surface area contributed by atoms with Crippen LogP contribution >= 0.6 is 0 Å². The third-order valence-corrected chi connectivity index (χ3v) is 4.82. The number of aromatic nitrogens is 2. The molecule has 27 heavy (non-hydrogen) atoms. The molecule has 7 nitrogen and oxygen atoms in total. The largest absolute Gasteiger partial charge is 0.479 e. The number of likely N-dealkylation sites (tertiary alicyclic amines) is 1. The number of hydrogen-bond acceptors (Lipinski definition) is 5. The number of amides is 2. The first kappa shape index (κ1) is 18.8. The number of carbonyl (C=O) groups excluding carboxylic acids is 2. The number of rotatable bonds is 6. The van der Waals surface area contributed by atoms with Gasteiger partial charge in [-0.1, -0.05) is 12.1 Å². The SMILES string of the molecule is CCN1C[C@H](CN(C)C(=O)c2ccc(-c3nccnc3OC)cc2)CC1=O. The van der Waals surface area contributed by atoms with Gasteiger partial charge in [0.05, 0.1) is 7.11 Å². The summed E-state index contributed by atoms with van der Waals surface area (Å²) >= 11 is 0. The van der Waals surface area contributed by atoms with Gasteiger partial charge in [-0.3, -0.25) is 9.59 Å². The summed E-state index contributed by atoms with van der Waals surface area (Å²) < 4.78 is 5.24. The lowest BCUT2D eigenvalue weighted by Crippen LogP contribution is -2.33. The number of methoxy groups -OCH3 is 1. The average Bonchev–Trinajstić information content (AvgIpc) is 3.06. The molecular weight excluding hydrogens is 344 g/mol. The van der Waals surface area contributed by atoms with Crippen molar-refractivity contribution in [3.05, 3.63) is 42.2 Å². The summed E-state index contributed by atoms with van der Waals surface area (Å²) in [6.45, 7) is 3.99. The van der Waals surface area contributed by atoms with Crippen LogP contribution in [0, 0.1) is 5.92 Å². The second-order valence-corrected chi connectivity index (χ2v) is 6.68. The lowest BCUT2D eigenvalue weighted by Gasteiger charge is -2.21. The predicted octanol–water partition coefficient (Wildman–Crippen LogP) is 2.09. The molecule has 1 fully saturated rings. The standard InChI is InChI=1S/C20H24N4O3/c1-4-24-13-14(11-17(24)25)12-23(2)20(26)16-7-5-15(6-8-16)18-19(27-3)22-10-9-21-18/h5-10,14H,4,11-13H2,1-3H3/t14-/m0/s1. The molecule has 0 saturated carbocycles. The van der Waals surface area contributed by atoms with Gasteiger partial charge < -0.3 is 14.5 Å². The second-order valence-electron chi connectivity index (χ2n) is 6.68. The Balaban J connectivity index is 1.68. The third-order valence-electron chi connectivity index (χ3n) is 4.82. The highest BCUT2D eigenvalue weighted by atomic mass is 16.5. The van der Waals surface area contributed by atoms with Crippen molar-refractivity contribution >= 4 is 11.8 Å². The molecule has 1 aromatic carbocycles. The van der Waals surface area contributed by atoms with Gasteiger partial charge in [0.15, 0.2) is 0 Å². The first-order chi connectivity index (χ1) is 13.0. The molecule has 142 valence electrons. The fourth-order valence-electron chi connectivity index (χ4n) is 3.42. The van der Waals surface area contributed by atoms with E-state index in [9.17, 15) is 9.59 Å². The van der Waals surface area contributed by atoms with Gasteiger partial charge in [0.25, 0.3) is 5.91 Å². The molecule has 2 amide bonds. The second kappa shape index (κ2) is 8.16. The molecule has 0 spiro atoms. The summed E-state index contributed by atoms with van der Waals surface area (Å²) in [5, 5.41) is 0. The van der Waals surface area contributed by atoms with Crippen molar-refractivity contribution in [3.8, 4) is 17.1 Å². The van der Waals surface area contributed by atoms with Gasteiger partial charge in [0.1, 0.15) is 5.69 Å². The molecule has 0 aliphatic carbocycles. The van der Waals surface area contributed by atoms with E-state index in [1.807, 2.05) is 24.0 Å². The zero-order valence-electron chi connectivity index (χ0n) is 15.9. The topological polar surface area (TPSA) is 75.6 Å². The predicted molar refractivity (Wildman–Crippen MR) is 101 cm³/mol. The zero-order chi connectivity index (χ0) is 19.4. The molecule has 1 atom stereocenters. The maximum Gasteiger partial charge on any atom is 0.253 e. The van der Waals surface area contributed by atoms with Crippen LogP contribution in [0.1, 0.15) is 23.7 Å². The molecular formula is C20H24N4O3. The minimum Gasteiger partial charge on any atom is -0.479 e. The third kappa shape index (κ3) is 4.07. The Morgan fingerprint density at radius 1 is 1.26 bits per heavy atom. The first-order valence-electron chi connectivity index (χ1n) is 9.02. The van der Waals surface area contributed by atoms with Gasteiger partial charge >= 0.3 is 0 Å². The van der Waals surface area contributed by atoms with Crippen LogP contribution in [0.2, 0.25) is 0 Å². The highest BCUT2D eigenvalue weighted by Gasteiger charge is 2.30. The summed E-state index contributed by atoms with van der Waals surface area (Å²) in [6, 6.07) is 7.23. The fourth-order valence-corrected chi connectivity index (χ4v) is 3.42. The molecule has 1 aromatic heterocycles. The normalized spacial score (nSPS) is 16.5. The molecule has 1 aliphatic rings. The highest BCUT2D eigenvalue weighted by Crippen LogP contribution is 2.25. The van der Waals surface area contributed by atoms with Crippen LogP contribution in [-0.4, -0.2) is 65.4 Å². The van der Waals surface area contributed by atoms with Crippen LogP contribution in [0.5, 0.6) is 5.88 Å². The van der Waals surface area contributed by atoms with Crippen LogP contribution in [0.15, 0.2) is 36.7 Å². The Morgan fingerprint density at radius 2 is 1.96 bits per heavy atom. The van der Waals surface area contributed by atoms with Crippen molar-refractivity contribution in [2.75, 3.05) is 33.8 Å². The summed E-state index contributed by atoms with van der Waals surface area (Å²) in [7, 11) is 3.33. The number of nitrogens with zero attached hydrogens (tertiary/aromatic N) is 4. The van der Waals surface area contributed by atoms with Crippen LogP contribution in [-0.2, 0) is 4.79 Å². The maximum absolute atomic E-state index is 12.7. The first-order valence-corrected chi connectivity index (χ1v) is 9.02. The van der Waals surface area contributed by atoms with E-state index in [0.717, 1.165) is 18.7 Å². The van der Waals surface area contributed by atoms with E-state index < -0.39 is 0 Å². The van der Waals surface area contributed by atoms with Crippen molar-refractivity contribution in [1.29, 1.82) is 0 Å². The molecule has 2 aromatic rings. The molecule has 0 unspecified atom stereocenters. The van der Waals surface area contributed by atoms with Crippen molar-refractivity contribution < 1.29 is 14.3 Å². The fraction of sp³-hybridized carbons (Fsp3) is 0.400. The molecule has 1 saturated heterocycles. The summed E-state index contributed by atoms with van der Waals surface area (Å²) in [4.78, 5) is 36.5. The zero-order valence-corrected chi connectivity index (χ0v) is 15.9. The van der Waals surface area contributed by atoms with Crippen molar-refractivity contribution in [2.24, 2.45) is 5.92 Å². The van der Waals surface area contributed by atoms with E-state index >= 15 is 0 Å². The van der Waals surface area contributed by atoms with Crippen LogP contribution in [0.25, 0.3) is 11.3 Å². The number of hydrogen-bond donors (Lipinski definition) is 0. The number of benzene rings is 1. The molecule has 1 aliphatic heterocycles. The van der Waals surface area contributed by atoms with Crippen LogP contribution in [0.3, 0.4) is 0 Å². The summed E-state index contributed by atoms with van der Waals surface area (Å²) in [5.74, 6) is 0.746. The monoisotopic (exact) mass is 368 g/mol. The van der Waals surface area contributed by atoms with Gasteiger partial charge in [-0.05, 0) is 19.1 Å². The minimum absolute atomic E-state index is 0.0601. The van der Waals surface area contributed by atoms with Crippen molar-refractivity contribution in [1.82, 2.24) is 19.8 Å². The van der Waals surface area contributed by atoms with E-state index in [2.05, 4.69) is 9.97 Å². The van der Waals surface area contributed by atoms with Gasteiger partial charge in [-0.2, -0.15) is 0 Å². The minimum atomic E-state index is -0.0601. The van der Waals surface area contributed by atoms with E-state index in [-0.39, 0.29) is 17.7 Å². The van der Waals surface area contributed by atoms with Gasteiger partial charge in [-0.25, -0.2) is 9.97 Å². The Morgan fingerprint density at radius 3 is 2.59 bits per heavy atom. The molecule has 7 heteroatoms. The van der Waals surface area contributed by atoms with E-state index in [1.54, 1.807) is 43.6 Å². The maximum atomic E-state index is 12.7. The van der Waals surface area contributed by atoms with Crippen molar-refractivity contribution in [3.63, 3.8) is 0 Å². The van der Waals surface area contributed by atoms with Gasteiger partial charge in [0, 0.05) is 62.5 Å². The molecule has 0 radical (unpaired) electrons. The molecule has 2 heterocycles.